The quantitative estimate of drug-likeness (QED) is 0.837. The first-order chi connectivity index (χ1) is 8.90. The molecule has 0 aliphatic carbocycles. The molecule has 0 radical (unpaired) electrons. The minimum absolute atomic E-state index is 0.237. The van der Waals surface area contributed by atoms with Crippen molar-refractivity contribution in [2.75, 3.05) is 13.1 Å². The van der Waals surface area contributed by atoms with Gasteiger partial charge >= 0.3 is 0 Å². The van der Waals surface area contributed by atoms with E-state index in [0.717, 1.165) is 26.1 Å². The van der Waals surface area contributed by atoms with Crippen LogP contribution in [0.4, 0.5) is 0 Å². The molecule has 1 atom stereocenters. The zero-order valence-corrected chi connectivity index (χ0v) is 10.7. The number of ether oxygens (including phenoxy) is 1. The monoisotopic (exact) mass is 262 g/mol. The Balaban J connectivity index is 1.52. The number of rotatable bonds is 4. The Morgan fingerprint density at radius 2 is 2.44 bits per heavy atom. The summed E-state index contributed by atoms with van der Waals surface area (Å²) in [4.78, 5) is 7.75. The molecule has 2 aromatic rings. The summed E-state index contributed by atoms with van der Waals surface area (Å²) < 4.78 is 9.72. The third-order valence-electron chi connectivity index (χ3n) is 2.94. The van der Waals surface area contributed by atoms with Gasteiger partial charge in [0.2, 0.25) is 5.88 Å². The van der Waals surface area contributed by atoms with Crippen LogP contribution in [0, 0.1) is 0 Å². The van der Waals surface area contributed by atoms with Gasteiger partial charge in [0.05, 0.1) is 11.1 Å². The largest absolute Gasteiger partial charge is 0.473 e. The fourth-order valence-corrected chi connectivity index (χ4v) is 2.64. The van der Waals surface area contributed by atoms with Gasteiger partial charge < -0.3 is 4.74 Å². The maximum atomic E-state index is 5.84. The smallest absolute Gasteiger partial charge is 0.213 e. The van der Waals surface area contributed by atoms with Gasteiger partial charge in [0.25, 0.3) is 0 Å². The van der Waals surface area contributed by atoms with Gasteiger partial charge in [0, 0.05) is 31.9 Å². The van der Waals surface area contributed by atoms with Crippen LogP contribution in [0.25, 0.3) is 0 Å². The summed E-state index contributed by atoms with van der Waals surface area (Å²) in [5, 5.41) is 3.85. The van der Waals surface area contributed by atoms with Crippen molar-refractivity contribution in [2.24, 2.45) is 0 Å². The molecule has 1 aliphatic rings. The highest BCUT2D eigenvalue weighted by Crippen LogP contribution is 2.18. The van der Waals surface area contributed by atoms with E-state index in [-0.39, 0.29) is 6.10 Å². The summed E-state index contributed by atoms with van der Waals surface area (Å²) in [5.74, 6) is 0.712. The average Bonchev–Trinajstić information content (AvgIpc) is 3.03. The maximum Gasteiger partial charge on any atom is 0.213 e. The van der Waals surface area contributed by atoms with Crippen LogP contribution >= 0.6 is 11.5 Å². The molecule has 94 valence electrons. The fourth-order valence-electron chi connectivity index (χ4n) is 2.10. The first kappa shape index (κ1) is 11.6. The summed E-state index contributed by atoms with van der Waals surface area (Å²) in [7, 11) is 0. The normalized spacial score (nSPS) is 20.1. The van der Waals surface area contributed by atoms with Crippen molar-refractivity contribution in [3.8, 4) is 5.88 Å². The van der Waals surface area contributed by atoms with E-state index in [9.17, 15) is 0 Å². The number of likely N-dealkylation sites (tertiary alicyclic amines) is 1. The molecule has 1 saturated heterocycles. The van der Waals surface area contributed by atoms with Crippen molar-refractivity contribution < 1.29 is 4.74 Å². The van der Waals surface area contributed by atoms with E-state index in [2.05, 4.69) is 19.5 Å². The third kappa shape index (κ3) is 2.83. The van der Waals surface area contributed by atoms with Crippen LogP contribution < -0.4 is 4.74 Å². The summed E-state index contributed by atoms with van der Waals surface area (Å²) in [6, 6.07) is 5.73. The van der Waals surface area contributed by atoms with E-state index in [1.54, 1.807) is 6.20 Å². The van der Waals surface area contributed by atoms with Crippen LogP contribution in [0.2, 0.25) is 0 Å². The molecular formula is C12H14N4OS. The lowest BCUT2D eigenvalue weighted by Crippen LogP contribution is -2.24. The molecule has 2 aromatic heterocycles. The Kier molecular flexibility index (Phi) is 3.47. The second-order valence-corrected chi connectivity index (χ2v) is 5.19. The Labute approximate surface area is 110 Å². The highest BCUT2D eigenvalue weighted by molar-refractivity contribution is 7.05. The number of aromatic nitrogens is 3. The van der Waals surface area contributed by atoms with E-state index < -0.39 is 0 Å². The third-order valence-corrected chi connectivity index (χ3v) is 3.59. The van der Waals surface area contributed by atoms with Gasteiger partial charge in [-0.05, 0) is 24.0 Å². The predicted molar refractivity (Wildman–Crippen MR) is 68.5 cm³/mol. The highest BCUT2D eigenvalue weighted by atomic mass is 32.1. The summed E-state index contributed by atoms with van der Waals surface area (Å²) in [6.07, 6.45) is 4.87. The van der Waals surface area contributed by atoms with Crippen LogP contribution in [0.5, 0.6) is 5.88 Å². The van der Waals surface area contributed by atoms with Crippen molar-refractivity contribution in [1.29, 1.82) is 0 Å². The molecule has 3 rings (SSSR count). The van der Waals surface area contributed by atoms with Crippen LogP contribution in [0.1, 0.15) is 11.3 Å². The number of hydrogen-bond acceptors (Lipinski definition) is 6. The van der Waals surface area contributed by atoms with Gasteiger partial charge in [-0.15, -0.1) is 5.10 Å². The molecule has 5 nitrogen and oxygen atoms in total. The first-order valence-corrected chi connectivity index (χ1v) is 6.74. The molecule has 0 N–H and O–H groups in total. The molecule has 6 heteroatoms. The zero-order valence-electron chi connectivity index (χ0n) is 9.90. The van der Waals surface area contributed by atoms with Crippen LogP contribution in [-0.2, 0) is 6.54 Å². The van der Waals surface area contributed by atoms with Gasteiger partial charge in [-0.1, -0.05) is 10.6 Å². The molecule has 0 unspecified atom stereocenters. The SMILES string of the molecule is c1ccc(O[C@H]2CCN(Cc3cnns3)C2)nc1. The highest BCUT2D eigenvalue weighted by Gasteiger charge is 2.24. The molecule has 0 saturated carbocycles. The Morgan fingerprint density at radius 3 is 3.22 bits per heavy atom. The minimum atomic E-state index is 0.237. The van der Waals surface area contributed by atoms with Gasteiger partial charge in [-0.25, -0.2) is 4.98 Å². The molecule has 0 spiro atoms. The Morgan fingerprint density at radius 1 is 1.44 bits per heavy atom. The van der Waals surface area contributed by atoms with Crippen molar-refractivity contribution >= 4 is 11.5 Å². The molecule has 0 amide bonds. The topological polar surface area (TPSA) is 51.1 Å². The van der Waals surface area contributed by atoms with E-state index in [0.29, 0.717) is 5.88 Å². The molecule has 0 aromatic carbocycles. The second-order valence-electron chi connectivity index (χ2n) is 4.32. The molecule has 3 heterocycles. The van der Waals surface area contributed by atoms with Crippen LogP contribution in [0.3, 0.4) is 0 Å². The first-order valence-electron chi connectivity index (χ1n) is 5.96. The van der Waals surface area contributed by atoms with Crippen molar-refractivity contribution in [3.63, 3.8) is 0 Å². The summed E-state index contributed by atoms with van der Waals surface area (Å²) >= 11 is 1.46. The Hall–Kier alpha value is -1.53. The van der Waals surface area contributed by atoms with Gasteiger partial charge in [-0.3, -0.25) is 4.90 Å². The molecule has 1 fully saturated rings. The van der Waals surface area contributed by atoms with E-state index in [1.807, 2.05) is 24.4 Å². The lowest BCUT2D eigenvalue weighted by atomic mass is 10.3. The maximum absolute atomic E-state index is 5.84. The van der Waals surface area contributed by atoms with E-state index in [4.69, 9.17) is 4.74 Å². The zero-order chi connectivity index (χ0) is 12.2. The van der Waals surface area contributed by atoms with Gasteiger partial charge in [0.15, 0.2) is 0 Å². The van der Waals surface area contributed by atoms with Gasteiger partial charge in [0.1, 0.15) is 6.10 Å². The molecule has 18 heavy (non-hydrogen) atoms. The minimum Gasteiger partial charge on any atom is -0.473 e. The molecular weight excluding hydrogens is 248 g/mol. The van der Waals surface area contributed by atoms with Crippen molar-refractivity contribution in [2.45, 2.75) is 19.1 Å². The lowest BCUT2D eigenvalue weighted by molar-refractivity contribution is 0.191. The van der Waals surface area contributed by atoms with Gasteiger partial charge in [-0.2, -0.15) is 0 Å². The molecule has 1 aliphatic heterocycles. The van der Waals surface area contributed by atoms with Crippen molar-refractivity contribution in [1.82, 2.24) is 19.5 Å². The number of hydrogen-bond donors (Lipinski definition) is 0. The summed E-state index contributed by atoms with van der Waals surface area (Å²) in [6.45, 7) is 2.91. The number of nitrogens with zero attached hydrogens (tertiary/aromatic N) is 4. The van der Waals surface area contributed by atoms with Crippen molar-refractivity contribution in [3.05, 3.63) is 35.5 Å². The fraction of sp³-hybridized carbons (Fsp3) is 0.417. The second kappa shape index (κ2) is 5.41. The van der Waals surface area contributed by atoms with Crippen LogP contribution in [-0.4, -0.2) is 38.7 Å². The Bertz CT molecular complexity index is 476. The van der Waals surface area contributed by atoms with E-state index >= 15 is 0 Å². The van der Waals surface area contributed by atoms with Crippen LogP contribution in [0.15, 0.2) is 30.6 Å². The predicted octanol–water partition coefficient (Wildman–Crippen LogP) is 1.59. The number of pyridine rings is 1. The summed E-state index contributed by atoms with van der Waals surface area (Å²) in [5.41, 5.74) is 0. The standard InChI is InChI=1S/C12H14N4OS/c1-2-5-13-12(3-1)17-10-4-6-16(8-10)9-11-7-14-15-18-11/h1-3,5,7,10H,4,6,8-9H2/t10-/m0/s1. The van der Waals surface area contributed by atoms with E-state index in [1.165, 1.54) is 16.4 Å². The average molecular weight is 262 g/mol. The molecule has 0 bridgehead atoms. The lowest BCUT2D eigenvalue weighted by Gasteiger charge is -2.15.